The van der Waals surface area contributed by atoms with Crippen molar-refractivity contribution in [3.63, 3.8) is 0 Å². The van der Waals surface area contributed by atoms with E-state index < -0.39 is 5.41 Å². The number of aromatic nitrogens is 4. The van der Waals surface area contributed by atoms with Crippen molar-refractivity contribution in [2.24, 2.45) is 0 Å². The third kappa shape index (κ3) is 4.69. The second-order valence-electron chi connectivity index (χ2n) is 17.0. The molecule has 2 aliphatic carbocycles. The average Bonchev–Trinajstić information content (AvgIpc) is 3.99. The summed E-state index contributed by atoms with van der Waals surface area (Å²) in [5.41, 5.74) is 15.9. The van der Waals surface area contributed by atoms with E-state index in [1.807, 2.05) is 18.2 Å². The van der Waals surface area contributed by atoms with Crippen LogP contribution in [0.3, 0.4) is 0 Å². The highest BCUT2D eigenvalue weighted by atomic mass is 15.2. The topological polar surface area (TPSA) is 43.6 Å². The molecule has 0 bridgehead atoms. The van der Waals surface area contributed by atoms with E-state index in [0.717, 1.165) is 33.1 Å². The van der Waals surface area contributed by atoms with Crippen molar-refractivity contribution < 1.29 is 0 Å². The number of hydrogen-bond acceptors (Lipinski definition) is 3. The van der Waals surface area contributed by atoms with Crippen LogP contribution in [0.15, 0.2) is 218 Å². The minimum atomic E-state index is -0.608. The van der Waals surface area contributed by atoms with Crippen LogP contribution in [0.1, 0.15) is 22.3 Å². The summed E-state index contributed by atoms with van der Waals surface area (Å²) >= 11 is 0. The van der Waals surface area contributed by atoms with Gasteiger partial charge in [0.05, 0.1) is 16.4 Å². The molecule has 0 saturated carbocycles. The van der Waals surface area contributed by atoms with E-state index in [1.54, 1.807) is 0 Å². The molecule has 10 aromatic carbocycles. The molecule has 4 nitrogen and oxygen atoms in total. The first-order valence-corrected chi connectivity index (χ1v) is 22.0. The number of fused-ring (bicyclic) bond motifs is 18. The summed E-state index contributed by atoms with van der Waals surface area (Å²) in [5, 5.41) is 7.25. The van der Waals surface area contributed by atoms with Gasteiger partial charge in [0.25, 0.3) is 0 Å². The van der Waals surface area contributed by atoms with E-state index in [-0.39, 0.29) is 0 Å². The molecule has 64 heavy (non-hydrogen) atoms. The fourth-order valence-electron chi connectivity index (χ4n) is 11.3. The summed E-state index contributed by atoms with van der Waals surface area (Å²) < 4.78 is 2.36. The van der Waals surface area contributed by atoms with Crippen molar-refractivity contribution in [3.8, 4) is 62.1 Å². The fraction of sp³-hybridized carbons (Fsp3) is 0.0167. The van der Waals surface area contributed by atoms with Gasteiger partial charge in [-0.15, -0.1) is 0 Å². The number of para-hydroxylation sites is 1. The summed E-state index contributed by atoms with van der Waals surface area (Å²) in [6, 6.07) is 79.0. The minimum absolute atomic E-state index is 0.580. The van der Waals surface area contributed by atoms with E-state index in [1.165, 1.54) is 77.0 Å². The van der Waals surface area contributed by atoms with Crippen LogP contribution in [-0.2, 0) is 5.41 Å². The van der Waals surface area contributed by atoms with E-state index in [2.05, 4.69) is 205 Å². The lowest BCUT2D eigenvalue weighted by Crippen LogP contribution is -2.26. The van der Waals surface area contributed by atoms with Crippen LogP contribution in [-0.4, -0.2) is 19.5 Å². The first kappa shape index (κ1) is 35.2. The van der Waals surface area contributed by atoms with Gasteiger partial charge in [-0.25, -0.2) is 4.98 Å². The average molecular weight is 813 g/mol. The predicted octanol–water partition coefficient (Wildman–Crippen LogP) is 14.6. The van der Waals surface area contributed by atoms with Crippen LogP contribution in [0.4, 0.5) is 0 Å². The van der Waals surface area contributed by atoms with E-state index in [0.29, 0.717) is 17.6 Å². The molecule has 0 N–H and O–H groups in total. The smallest absolute Gasteiger partial charge is 0.238 e. The van der Waals surface area contributed by atoms with Gasteiger partial charge in [-0.05, 0) is 77.7 Å². The predicted molar refractivity (Wildman–Crippen MR) is 262 cm³/mol. The second kappa shape index (κ2) is 13.3. The summed E-state index contributed by atoms with van der Waals surface area (Å²) in [6.07, 6.45) is 0. The third-order valence-corrected chi connectivity index (χ3v) is 13.9. The molecule has 0 aliphatic heterocycles. The molecule has 0 radical (unpaired) electrons. The Bertz CT molecular complexity index is 3850. The van der Waals surface area contributed by atoms with Crippen molar-refractivity contribution in [1.29, 1.82) is 0 Å². The highest BCUT2D eigenvalue weighted by molar-refractivity contribution is 6.27. The Balaban J connectivity index is 1.11. The van der Waals surface area contributed by atoms with E-state index in [9.17, 15) is 0 Å². The number of hydrogen-bond donors (Lipinski definition) is 0. The Morgan fingerprint density at radius 3 is 1.56 bits per heavy atom. The molecule has 2 aliphatic rings. The lowest BCUT2D eigenvalue weighted by molar-refractivity contribution is 0.795. The second-order valence-corrected chi connectivity index (χ2v) is 17.0. The lowest BCUT2D eigenvalue weighted by Gasteiger charge is -2.31. The molecule has 2 aromatic heterocycles. The molecule has 2 heterocycles. The van der Waals surface area contributed by atoms with Crippen LogP contribution in [0.25, 0.3) is 105 Å². The maximum atomic E-state index is 5.52. The molecule has 0 amide bonds. The Labute approximate surface area is 369 Å². The number of nitrogens with zero attached hydrogens (tertiary/aromatic N) is 4. The normalized spacial score (nSPS) is 13.1. The number of rotatable bonds is 4. The maximum absolute atomic E-state index is 5.52. The van der Waals surface area contributed by atoms with Gasteiger partial charge >= 0.3 is 0 Å². The van der Waals surface area contributed by atoms with Gasteiger partial charge in [-0.2, -0.15) is 9.97 Å². The van der Waals surface area contributed by atoms with Gasteiger partial charge < -0.3 is 0 Å². The van der Waals surface area contributed by atoms with Crippen LogP contribution in [0, 0.1) is 0 Å². The summed E-state index contributed by atoms with van der Waals surface area (Å²) in [6.45, 7) is 0. The molecule has 0 saturated heterocycles. The fourth-order valence-corrected chi connectivity index (χ4v) is 11.3. The van der Waals surface area contributed by atoms with Crippen molar-refractivity contribution >= 4 is 43.4 Å². The van der Waals surface area contributed by atoms with Gasteiger partial charge in [0.1, 0.15) is 0 Å². The first-order valence-electron chi connectivity index (χ1n) is 22.0. The molecule has 296 valence electrons. The molecule has 0 unspecified atom stereocenters. The summed E-state index contributed by atoms with van der Waals surface area (Å²) in [5.74, 6) is 1.82. The van der Waals surface area contributed by atoms with E-state index >= 15 is 0 Å². The molecule has 12 aromatic rings. The molecule has 14 rings (SSSR count). The monoisotopic (exact) mass is 812 g/mol. The van der Waals surface area contributed by atoms with Gasteiger partial charge in [0.2, 0.25) is 5.95 Å². The van der Waals surface area contributed by atoms with Crippen molar-refractivity contribution in [1.82, 2.24) is 19.5 Å². The molecule has 1 spiro atoms. The van der Waals surface area contributed by atoms with Crippen LogP contribution < -0.4 is 0 Å². The number of benzene rings is 10. The molecular weight excluding hydrogens is 777 g/mol. The van der Waals surface area contributed by atoms with Crippen LogP contribution in [0.5, 0.6) is 0 Å². The van der Waals surface area contributed by atoms with Gasteiger partial charge in [-0.1, -0.05) is 212 Å². The standard InChI is InChI=1S/C60H36N4/c1-2-18-39(19-3-1)57-61-58(40-35-33-38(34-36-40)42-28-16-20-37-17-4-5-21-41(37)42)63-59(62-57)64-52-32-15-11-27-48(52)54-46-25-7-6-24-45(46)53-47-26-10-14-31-51(47)60(55(53)56(54)64)49-29-12-8-22-43(49)44-23-9-13-30-50(44)60/h1-36H. The zero-order valence-corrected chi connectivity index (χ0v) is 34.6. The Morgan fingerprint density at radius 1 is 0.344 bits per heavy atom. The SMILES string of the molecule is c1ccc(-c2nc(-c3ccc(-c4cccc5ccccc45)cc3)nc(-n3c4ccccc4c4c5ccccc5c5c(c43)C3(c4ccccc4-c4ccccc43)c3ccccc3-5)n2)cc1. The third-order valence-electron chi connectivity index (χ3n) is 13.9. The first-order chi connectivity index (χ1) is 31.8. The zero-order chi connectivity index (χ0) is 41.9. The van der Waals surface area contributed by atoms with E-state index in [4.69, 9.17) is 15.0 Å². The molecule has 4 heteroatoms. The molecule has 0 fully saturated rings. The van der Waals surface area contributed by atoms with Crippen LogP contribution in [0.2, 0.25) is 0 Å². The minimum Gasteiger partial charge on any atom is -0.277 e. The quantitative estimate of drug-likeness (QED) is 0.178. The largest absolute Gasteiger partial charge is 0.277 e. The summed E-state index contributed by atoms with van der Waals surface area (Å²) in [4.78, 5) is 16.2. The Kier molecular flexibility index (Phi) is 7.29. The Morgan fingerprint density at radius 2 is 0.844 bits per heavy atom. The van der Waals surface area contributed by atoms with Crippen molar-refractivity contribution in [3.05, 3.63) is 241 Å². The van der Waals surface area contributed by atoms with Gasteiger partial charge in [0, 0.05) is 27.5 Å². The summed E-state index contributed by atoms with van der Waals surface area (Å²) in [7, 11) is 0. The zero-order valence-electron chi connectivity index (χ0n) is 34.6. The highest BCUT2D eigenvalue weighted by Gasteiger charge is 2.53. The van der Waals surface area contributed by atoms with Gasteiger partial charge in [-0.3, -0.25) is 4.57 Å². The van der Waals surface area contributed by atoms with Crippen molar-refractivity contribution in [2.75, 3.05) is 0 Å². The highest BCUT2D eigenvalue weighted by Crippen LogP contribution is 2.66. The van der Waals surface area contributed by atoms with Gasteiger partial charge in [0.15, 0.2) is 11.6 Å². The van der Waals surface area contributed by atoms with Crippen LogP contribution >= 0.6 is 0 Å². The lowest BCUT2D eigenvalue weighted by atomic mass is 9.70. The van der Waals surface area contributed by atoms with Crippen molar-refractivity contribution in [2.45, 2.75) is 5.41 Å². The molecular formula is C60H36N4. The Hall–Kier alpha value is -8.47. The molecule has 0 atom stereocenters. The maximum Gasteiger partial charge on any atom is 0.238 e.